The van der Waals surface area contributed by atoms with Gasteiger partial charge in [0.2, 0.25) is 5.91 Å². The molecule has 8 heteroatoms. The summed E-state index contributed by atoms with van der Waals surface area (Å²) in [4.78, 5) is 24.1. The van der Waals surface area contributed by atoms with Gasteiger partial charge in [0.25, 0.3) is 5.91 Å². The Morgan fingerprint density at radius 1 is 1.14 bits per heavy atom. The maximum atomic E-state index is 14.3. The number of aromatic nitrogens is 2. The Morgan fingerprint density at radius 2 is 1.93 bits per heavy atom. The van der Waals surface area contributed by atoms with Gasteiger partial charge < -0.3 is 10.6 Å². The first-order valence-corrected chi connectivity index (χ1v) is 9.56. The summed E-state index contributed by atoms with van der Waals surface area (Å²) in [5, 5.41) is 10.1. The molecule has 1 heterocycles. The number of carbonyl (C=O) groups is 2. The molecule has 2 aromatic carbocycles. The van der Waals surface area contributed by atoms with Gasteiger partial charge in [-0.25, -0.2) is 9.07 Å². The normalized spacial score (nSPS) is 12.5. The van der Waals surface area contributed by atoms with Gasteiger partial charge in [-0.1, -0.05) is 23.7 Å². The number of hydrogen-bond acceptors (Lipinski definition) is 3. The Labute approximate surface area is 171 Å². The van der Waals surface area contributed by atoms with Crippen molar-refractivity contribution in [1.29, 1.82) is 0 Å². The lowest BCUT2D eigenvalue weighted by Crippen LogP contribution is -2.15. The van der Waals surface area contributed by atoms with Crippen molar-refractivity contribution >= 4 is 34.8 Å². The van der Waals surface area contributed by atoms with Crippen molar-refractivity contribution in [3.8, 4) is 5.69 Å². The van der Waals surface area contributed by atoms with E-state index in [0.29, 0.717) is 22.1 Å². The summed E-state index contributed by atoms with van der Waals surface area (Å²) in [5.74, 6) is -1.02. The second-order valence-corrected chi connectivity index (χ2v) is 7.23. The van der Waals surface area contributed by atoms with Crippen molar-refractivity contribution < 1.29 is 14.0 Å². The number of nitrogens with one attached hydrogen (secondary N) is 2. The number of fused-ring (bicyclic) bond motifs is 1. The van der Waals surface area contributed by atoms with Gasteiger partial charge in [-0.2, -0.15) is 5.10 Å². The van der Waals surface area contributed by atoms with E-state index in [2.05, 4.69) is 15.7 Å². The SMILES string of the molecule is CC(=O)Nc1ccc(NC(=O)c2nn(-c3ccccc3F)c3c2CCC3)cc1Cl. The van der Waals surface area contributed by atoms with Crippen LogP contribution in [0.25, 0.3) is 5.69 Å². The standard InChI is InChI=1S/C21H18ClFN4O2/c1-12(28)24-17-10-9-13(11-15(17)22)25-21(29)20-14-5-4-8-18(14)27(26-20)19-7-3-2-6-16(19)23/h2-3,6-7,9-11H,4-5,8H2,1H3,(H,24,28)(H,25,29). The number of hydrogen-bond donors (Lipinski definition) is 2. The maximum Gasteiger partial charge on any atom is 0.276 e. The predicted molar refractivity (Wildman–Crippen MR) is 109 cm³/mol. The Morgan fingerprint density at radius 3 is 2.66 bits per heavy atom. The summed E-state index contributed by atoms with van der Waals surface area (Å²) in [6.07, 6.45) is 2.34. The van der Waals surface area contributed by atoms with E-state index in [0.717, 1.165) is 30.5 Å². The molecule has 0 radical (unpaired) electrons. The third-order valence-electron chi connectivity index (χ3n) is 4.76. The second kappa shape index (κ2) is 7.67. The summed E-state index contributed by atoms with van der Waals surface area (Å²) < 4.78 is 15.8. The molecule has 0 unspecified atom stereocenters. The fourth-order valence-electron chi connectivity index (χ4n) is 3.52. The van der Waals surface area contributed by atoms with Crippen LogP contribution in [0.2, 0.25) is 5.02 Å². The Hall–Kier alpha value is -3.19. The number of rotatable bonds is 4. The quantitative estimate of drug-likeness (QED) is 0.668. The third kappa shape index (κ3) is 3.73. The van der Waals surface area contributed by atoms with E-state index in [4.69, 9.17) is 11.6 Å². The van der Waals surface area contributed by atoms with Crippen LogP contribution in [-0.4, -0.2) is 21.6 Å². The first-order valence-electron chi connectivity index (χ1n) is 9.18. The van der Waals surface area contributed by atoms with E-state index < -0.39 is 5.82 Å². The second-order valence-electron chi connectivity index (χ2n) is 6.82. The lowest BCUT2D eigenvalue weighted by Gasteiger charge is -2.09. The highest BCUT2D eigenvalue weighted by molar-refractivity contribution is 6.34. The van der Waals surface area contributed by atoms with E-state index in [1.54, 1.807) is 36.4 Å². The van der Waals surface area contributed by atoms with Gasteiger partial charge in [0, 0.05) is 23.9 Å². The number of nitrogens with zero attached hydrogens (tertiary/aromatic N) is 2. The van der Waals surface area contributed by atoms with Crippen LogP contribution in [0.3, 0.4) is 0 Å². The van der Waals surface area contributed by atoms with E-state index in [9.17, 15) is 14.0 Å². The molecule has 148 valence electrons. The molecular weight excluding hydrogens is 395 g/mol. The molecule has 0 aliphatic heterocycles. The summed E-state index contributed by atoms with van der Waals surface area (Å²) in [7, 11) is 0. The molecule has 29 heavy (non-hydrogen) atoms. The molecule has 3 aromatic rings. The smallest absolute Gasteiger partial charge is 0.276 e. The highest BCUT2D eigenvalue weighted by Gasteiger charge is 2.27. The molecule has 2 amide bonds. The van der Waals surface area contributed by atoms with E-state index >= 15 is 0 Å². The van der Waals surface area contributed by atoms with Crippen LogP contribution >= 0.6 is 11.6 Å². The van der Waals surface area contributed by atoms with Crippen LogP contribution < -0.4 is 10.6 Å². The zero-order valence-electron chi connectivity index (χ0n) is 15.6. The molecule has 0 saturated heterocycles. The molecule has 0 fully saturated rings. The monoisotopic (exact) mass is 412 g/mol. The molecule has 4 rings (SSSR count). The molecule has 2 N–H and O–H groups in total. The Bertz CT molecular complexity index is 1130. The fourth-order valence-corrected chi connectivity index (χ4v) is 3.74. The number of anilines is 2. The minimum absolute atomic E-state index is 0.238. The number of carbonyl (C=O) groups excluding carboxylic acids is 2. The zero-order chi connectivity index (χ0) is 20.5. The van der Waals surface area contributed by atoms with Gasteiger partial charge in [-0.3, -0.25) is 9.59 Å². The average Bonchev–Trinajstić information content (AvgIpc) is 3.27. The average molecular weight is 413 g/mol. The van der Waals surface area contributed by atoms with Gasteiger partial charge in [0.15, 0.2) is 5.69 Å². The fraction of sp³-hybridized carbons (Fsp3) is 0.190. The van der Waals surface area contributed by atoms with Crippen LogP contribution in [0.4, 0.5) is 15.8 Å². The first-order chi connectivity index (χ1) is 13.9. The van der Waals surface area contributed by atoms with Gasteiger partial charge >= 0.3 is 0 Å². The molecule has 0 spiro atoms. The van der Waals surface area contributed by atoms with E-state index in [1.807, 2.05) is 0 Å². The number of benzene rings is 2. The van der Waals surface area contributed by atoms with Crippen molar-refractivity contribution in [3.63, 3.8) is 0 Å². The summed E-state index contributed by atoms with van der Waals surface area (Å²) in [6, 6.07) is 11.2. The maximum absolute atomic E-state index is 14.3. The highest BCUT2D eigenvalue weighted by atomic mass is 35.5. The first kappa shape index (κ1) is 19.1. The molecule has 6 nitrogen and oxygen atoms in total. The van der Waals surface area contributed by atoms with Crippen LogP contribution in [0.15, 0.2) is 42.5 Å². The van der Waals surface area contributed by atoms with Gasteiger partial charge in [0.1, 0.15) is 11.5 Å². The third-order valence-corrected chi connectivity index (χ3v) is 5.08. The van der Waals surface area contributed by atoms with Crippen LogP contribution in [0.1, 0.15) is 35.1 Å². The molecule has 1 aromatic heterocycles. The van der Waals surface area contributed by atoms with Crippen molar-refractivity contribution in [2.24, 2.45) is 0 Å². The number of amides is 2. The minimum atomic E-state index is -0.392. The molecule has 0 bridgehead atoms. The van der Waals surface area contributed by atoms with Crippen molar-refractivity contribution in [2.75, 3.05) is 10.6 Å². The molecule has 0 atom stereocenters. The zero-order valence-corrected chi connectivity index (χ0v) is 16.4. The van der Waals surface area contributed by atoms with Gasteiger partial charge in [-0.05, 0) is 49.6 Å². The summed E-state index contributed by atoms with van der Waals surface area (Å²) in [5.41, 5.74) is 3.24. The van der Waals surface area contributed by atoms with Crippen molar-refractivity contribution in [1.82, 2.24) is 9.78 Å². The van der Waals surface area contributed by atoms with Gasteiger partial charge in [-0.15, -0.1) is 0 Å². The topological polar surface area (TPSA) is 76.0 Å². The number of halogens is 2. The Balaban J connectivity index is 1.63. The van der Waals surface area contributed by atoms with Crippen LogP contribution in [-0.2, 0) is 17.6 Å². The van der Waals surface area contributed by atoms with Crippen molar-refractivity contribution in [2.45, 2.75) is 26.2 Å². The highest BCUT2D eigenvalue weighted by Crippen LogP contribution is 2.30. The largest absolute Gasteiger partial charge is 0.325 e. The van der Waals surface area contributed by atoms with Crippen LogP contribution in [0, 0.1) is 5.82 Å². The lowest BCUT2D eigenvalue weighted by molar-refractivity contribution is -0.114. The lowest BCUT2D eigenvalue weighted by atomic mass is 10.2. The van der Waals surface area contributed by atoms with Gasteiger partial charge in [0.05, 0.1) is 10.7 Å². The summed E-state index contributed by atoms with van der Waals surface area (Å²) >= 11 is 6.17. The minimum Gasteiger partial charge on any atom is -0.325 e. The van der Waals surface area contributed by atoms with E-state index in [1.165, 1.54) is 17.7 Å². The predicted octanol–water partition coefficient (Wildman–Crippen LogP) is 4.36. The molecule has 1 aliphatic carbocycles. The van der Waals surface area contributed by atoms with Crippen molar-refractivity contribution in [3.05, 3.63) is 70.3 Å². The number of para-hydroxylation sites is 1. The molecule has 1 aliphatic rings. The summed E-state index contributed by atoms with van der Waals surface area (Å²) in [6.45, 7) is 1.39. The molecular formula is C21H18ClFN4O2. The van der Waals surface area contributed by atoms with Crippen LogP contribution in [0.5, 0.6) is 0 Å². The molecule has 0 saturated carbocycles. The van der Waals surface area contributed by atoms with E-state index in [-0.39, 0.29) is 17.5 Å². The Kier molecular flexibility index (Phi) is 5.07.